The molecule has 0 aliphatic carbocycles. The van der Waals surface area contributed by atoms with Gasteiger partial charge in [0.2, 0.25) is 5.88 Å². The molecule has 1 aromatic carbocycles. The fourth-order valence-corrected chi connectivity index (χ4v) is 2.53. The average Bonchev–Trinajstić information content (AvgIpc) is 3.23. The zero-order valence-corrected chi connectivity index (χ0v) is 13.0. The lowest BCUT2D eigenvalue weighted by Crippen LogP contribution is -2.43. The topological polar surface area (TPSA) is 81.8 Å². The van der Waals surface area contributed by atoms with Gasteiger partial charge in [-0.25, -0.2) is 9.80 Å². The summed E-state index contributed by atoms with van der Waals surface area (Å²) in [4.78, 5) is 12.4. The maximum atomic E-state index is 12.7. The molecule has 134 valence electrons. The lowest BCUT2D eigenvalue weighted by molar-refractivity contribution is -0.137. The van der Waals surface area contributed by atoms with Gasteiger partial charge in [0.25, 0.3) is 0 Å². The first kappa shape index (κ1) is 17.1. The standard InChI is InChI=1S/C15H15F3N4O3/c16-15(17,18)10-2-4-12(5-3-10)21-6-1-7-22(21)14(24)19-13-8-11(9-23)20-25-13/h2-5,8,23H,1,6-7,9H2,(H,19,24). The number of halogens is 3. The summed E-state index contributed by atoms with van der Waals surface area (Å²) in [5.74, 6) is 0.0771. The van der Waals surface area contributed by atoms with Gasteiger partial charge in [-0.15, -0.1) is 0 Å². The molecule has 1 aromatic heterocycles. The fourth-order valence-electron chi connectivity index (χ4n) is 2.53. The van der Waals surface area contributed by atoms with Gasteiger partial charge in [-0.3, -0.25) is 10.3 Å². The average molecular weight is 356 g/mol. The molecule has 0 radical (unpaired) electrons. The van der Waals surface area contributed by atoms with Crippen LogP contribution in [-0.2, 0) is 12.8 Å². The third-order valence-electron chi connectivity index (χ3n) is 3.71. The highest BCUT2D eigenvalue weighted by Crippen LogP contribution is 2.31. The van der Waals surface area contributed by atoms with Crippen LogP contribution in [0.3, 0.4) is 0 Å². The number of aliphatic hydroxyl groups excluding tert-OH is 1. The summed E-state index contributed by atoms with van der Waals surface area (Å²) in [6.07, 6.45) is -3.73. The van der Waals surface area contributed by atoms with Crippen molar-refractivity contribution in [1.82, 2.24) is 10.2 Å². The molecular formula is C15H15F3N4O3. The Morgan fingerprint density at radius 3 is 2.60 bits per heavy atom. The lowest BCUT2D eigenvalue weighted by Gasteiger charge is -2.29. The summed E-state index contributed by atoms with van der Waals surface area (Å²) < 4.78 is 42.8. The van der Waals surface area contributed by atoms with Crippen molar-refractivity contribution >= 4 is 17.6 Å². The third kappa shape index (κ3) is 3.68. The number of rotatable bonds is 3. The molecule has 1 aliphatic heterocycles. The third-order valence-corrected chi connectivity index (χ3v) is 3.71. The normalized spacial score (nSPS) is 14.9. The first-order valence-corrected chi connectivity index (χ1v) is 7.48. The molecule has 2 N–H and O–H groups in total. The molecule has 25 heavy (non-hydrogen) atoms. The Morgan fingerprint density at radius 2 is 2.00 bits per heavy atom. The highest BCUT2D eigenvalue weighted by atomic mass is 19.4. The number of carbonyl (C=O) groups excluding carboxylic acids is 1. The van der Waals surface area contributed by atoms with Crippen LogP contribution in [0, 0.1) is 0 Å². The zero-order valence-electron chi connectivity index (χ0n) is 13.0. The van der Waals surface area contributed by atoms with Gasteiger partial charge in [0.05, 0.1) is 17.9 Å². The predicted octanol–water partition coefficient (Wildman–Crippen LogP) is 2.84. The number of aromatic nitrogens is 1. The molecular weight excluding hydrogens is 341 g/mol. The van der Waals surface area contributed by atoms with E-state index in [9.17, 15) is 18.0 Å². The van der Waals surface area contributed by atoms with Gasteiger partial charge in [0.1, 0.15) is 5.69 Å². The van der Waals surface area contributed by atoms with Crippen LogP contribution in [0.5, 0.6) is 0 Å². The van der Waals surface area contributed by atoms with E-state index in [4.69, 9.17) is 9.63 Å². The molecule has 3 rings (SSSR count). The van der Waals surface area contributed by atoms with Crippen LogP contribution in [0.2, 0.25) is 0 Å². The second-order valence-electron chi connectivity index (χ2n) is 5.42. The summed E-state index contributed by atoms with van der Waals surface area (Å²) in [6, 6.07) is 5.50. The van der Waals surface area contributed by atoms with Gasteiger partial charge < -0.3 is 9.63 Å². The van der Waals surface area contributed by atoms with E-state index in [1.54, 1.807) is 5.01 Å². The lowest BCUT2D eigenvalue weighted by atomic mass is 10.2. The van der Waals surface area contributed by atoms with Crippen molar-refractivity contribution in [3.8, 4) is 0 Å². The van der Waals surface area contributed by atoms with Crippen LogP contribution in [0.4, 0.5) is 29.5 Å². The zero-order chi connectivity index (χ0) is 18.0. The molecule has 7 nitrogen and oxygen atoms in total. The molecule has 10 heteroatoms. The molecule has 0 atom stereocenters. The molecule has 2 aromatic rings. The maximum absolute atomic E-state index is 12.7. The minimum Gasteiger partial charge on any atom is -0.390 e. The summed E-state index contributed by atoms with van der Waals surface area (Å²) in [5.41, 5.74) is 0.00947. The minimum absolute atomic E-state index is 0.0771. The summed E-state index contributed by atoms with van der Waals surface area (Å²) in [7, 11) is 0. The number of urea groups is 1. The number of hydrogen-bond acceptors (Lipinski definition) is 5. The minimum atomic E-state index is -4.41. The Morgan fingerprint density at radius 1 is 1.28 bits per heavy atom. The Hall–Kier alpha value is -2.75. The van der Waals surface area contributed by atoms with Gasteiger partial charge in [0, 0.05) is 19.2 Å². The van der Waals surface area contributed by atoms with E-state index in [-0.39, 0.29) is 18.2 Å². The second-order valence-corrected chi connectivity index (χ2v) is 5.42. The number of hydrazine groups is 1. The molecule has 2 amide bonds. The molecule has 0 unspecified atom stereocenters. The number of nitrogens with one attached hydrogen (secondary N) is 1. The molecule has 1 fully saturated rings. The Bertz CT molecular complexity index is 745. The quantitative estimate of drug-likeness (QED) is 0.884. The Kier molecular flexibility index (Phi) is 4.53. The number of anilines is 2. The number of amides is 2. The predicted molar refractivity (Wildman–Crippen MR) is 81.6 cm³/mol. The van der Waals surface area contributed by atoms with Crippen LogP contribution < -0.4 is 10.3 Å². The van der Waals surface area contributed by atoms with Crippen LogP contribution in [0.1, 0.15) is 17.7 Å². The first-order valence-electron chi connectivity index (χ1n) is 7.48. The number of alkyl halides is 3. The molecule has 2 heterocycles. The van der Waals surface area contributed by atoms with Gasteiger partial charge in [-0.2, -0.15) is 13.2 Å². The van der Waals surface area contributed by atoms with Gasteiger partial charge in [-0.05, 0) is 30.7 Å². The van der Waals surface area contributed by atoms with Crippen molar-refractivity contribution in [2.75, 3.05) is 23.4 Å². The summed E-state index contributed by atoms with van der Waals surface area (Å²) >= 11 is 0. The van der Waals surface area contributed by atoms with Crippen LogP contribution in [0.25, 0.3) is 0 Å². The SMILES string of the molecule is O=C(Nc1cc(CO)no1)N1CCCN1c1ccc(C(F)(F)F)cc1. The number of aliphatic hydroxyl groups is 1. The smallest absolute Gasteiger partial charge is 0.390 e. The van der Waals surface area contributed by atoms with E-state index in [1.165, 1.54) is 23.2 Å². The molecule has 0 saturated carbocycles. The number of carbonyl (C=O) groups is 1. The van der Waals surface area contributed by atoms with Crippen molar-refractivity contribution in [2.45, 2.75) is 19.2 Å². The Labute approximate surface area is 140 Å². The first-order chi connectivity index (χ1) is 11.9. The highest BCUT2D eigenvalue weighted by Gasteiger charge is 2.32. The van der Waals surface area contributed by atoms with E-state index < -0.39 is 17.8 Å². The van der Waals surface area contributed by atoms with Crippen molar-refractivity contribution < 1.29 is 27.6 Å². The van der Waals surface area contributed by atoms with E-state index in [0.29, 0.717) is 25.2 Å². The van der Waals surface area contributed by atoms with Gasteiger partial charge in [-0.1, -0.05) is 5.16 Å². The van der Waals surface area contributed by atoms with Crippen LogP contribution in [-0.4, -0.2) is 34.4 Å². The molecule has 0 spiro atoms. The van der Waals surface area contributed by atoms with Crippen molar-refractivity contribution in [3.05, 3.63) is 41.6 Å². The van der Waals surface area contributed by atoms with E-state index in [0.717, 1.165) is 12.1 Å². The Balaban J connectivity index is 1.72. The largest absolute Gasteiger partial charge is 0.416 e. The fraction of sp³-hybridized carbons (Fsp3) is 0.333. The van der Waals surface area contributed by atoms with E-state index in [2.05, 4.69) is 10.5 Å². The van der Waals surface area contributed by atoms with Crippen molar-refractivity contribution in [3.63, 3.8) is 0 Å². The highest BCUT2D eigenvalue weighted by molar-refractivity contribution is 5.89. The number of nitrogens with zero attached hydrogens (tertiary/aromatic N) is 3. The number of benzene rings is 1. The number of hydrogen-bond donors (Lipinski definition) is 2. The monoisotopic (exact) mass is 356 g/mol. The van der Waals surface area contributed by atoms with Crippen LogP contribution >= 0.6 is 0 Å². The van der Waals surface area contributed by atoms with Gasteiger partial charge in [0.15, 0.2) is 0 Å². The van der Waals surface area contributed by atoms with Crippen LogP contribution in [0.15, 0.2) is 34.9 Å². The van der Waals surface area contributed by atoms with Gasteiger partial charge >= 0.3 is 12.2 Å². The summed E-state index contributed by atoms with van der Waals surface area (Å²) in [5, 5.41) is 18.0. The molecule has 1 saturated heterocycles. The van der Waals surface area contributed by atoms with Crippen molar-refractivity contribution in [2.24, 2.45) is 0 Å². The van der Waals surface area contributed by atoms with E-state index in [1.807, 2.05) is 0 Å². The summed E-state index contributed by atoms with van der Waals surface area (Å²) in [6.45, 7) is 0.589. The van der Waals surface area contributed by atoms with E-state index >= 15 is 0 Å². The second kappa shape index (κ2) is 6.63. The van der Waals surface area contributed by atoms with Crippen molar-refractivity contribution in [1.29, 1.82) is 0 Å². The molecule has 1 aliphatic rings. The maximum Gasteiger partial charge on any atom is 0.416 e. The molecule has 0 bridgehead atoms.